The van der Waals surface area contributed by atoms with Gasteiger partial charge in [0.1, 0.15) is 5.58 Å². The lowest BCUT2D eigenvalue weighted by molar-refractivity contribution is 0.0696. The standard InChI is InChI=1S/C16H13NO5S/c1-10-12(16(18)19)6-4-7-13(10)17-23(20,21)15-9-11-5-2-3-8-14(11)22-15/h2-9,17H,1H3,(H,18,19). The second-order valence-electron chi connectivity index (χ2n) is 4.99. The van der Waals surface area contributed by atoms with Gasteiger partial charge >= 0.3 is 5.97 Å². The van der Waals surface area contributed by atoms with Gasteiger partial charge in [0.05, 0.1) is 11.3 Å². The van der Waals surface area contributed by atoms with Crippen LogP contribution in [0.5, 0.6) is 0 Å². The van der Waals surface area contributed by atoms with Gasteiger partial charge in [0.2, 0.25) is 5.09 Å². The van der Waals surface area contributed by atoms with Crippen LogP contribution in [0.2, 0.25) is 0 Å². The maximum atomic E-state index is 12.5. The molecule has 3 aromatic rings. The normalized spacial score (nSPS) is 11.5. The van der Waals surface area contributed by atoms with Crippen molar-refractivity contribution in [3.8, 4) is 0 Å². The molecule has 0 saturated carbocycles. The Balaban J connectivity index is 2.01. The Morgan fingerprint density at radius 2 is 1.87 bits per heavy atom. The average Bonchev–Trinajstić information content (AvgIpc) is 2.94. The third-order valence-electron chi connectivity index (χ3n) is 3.48. The number of anilines is 1. The molecule has 0 bridgehead atoms. The molecule has 118 valence electrons. The summed E-state index contributed by atoms with van der Waals surface area (Å²) in [5, 5.41) is 9.55. The van der Waals surface area contributed by atoms with E-state index in [9.17, 15) is 13.2 Å². The molecular formula is C16H13NO5S. The average molecular weight is 331 g/mol. The van der Waals surface area contributed by atoms with Gasteiger partial charge in [0.25, 0.3) is 10.0 Å². The minimum absolute atomic E-state index is 0.0369. The summed E-state index contributed by atoms with van der Waals surface area (Å²) in [6.45, 7) is 1.54. The molecule has 0 spiro atoms. The number of sulfonamides is 1. The Hall–Kier alpha value is -2.80. The van der Waals surface area contributed by atoms with Crippen molar-refractivity contribution in [1.29, 1.82) is 0 Å². The van der Waals surface area contributed by atoms with Crippen molar-refractivity contribution >= 4 is 32.6 Å². The number of furan rings is 1. The highest BCUT2D eigenvalue weighted by Gasteiger charge is 2.21. The van der Waals surface area contributed by atoms with Crippen molar-refractivity contribution in [2.24, 2.45) is 0 Å². The summed E-state index contributed by atoms with van der Waals surface area (Å²) in [6.07, 6.45) is 0. The van der Waals surface area contributed by atoms with Crippen molar-refractivity contribution in [3.05, 3.63) is 59.7 Å². The molecule has 0 radical (unpaired) electrons. The lowest BCUT2D eigenvalue weighted by Crippen LogP contribution is -2.14. The Labute approximate surface area is 132 Å². The van der Waals surface area contributed by atoms with Crippen LogP contribution in [0, 0.1) is 6.92 Å². The van der Waals surface area contributed by atoms with E-state index >= 15 is 0 Å². The molecule has 0 saturated heterocycles. The van der Waals surface area contributed by atoms with Crippen molar-refractivity contribution in [1.82, 2.24) is 0 Å². The van der Waals surface area contributed by atoms with Crippen LogP contribution < -0.4 is 4.72 Å². The highest BCUT2D eigenvalue weighted by molar-refractivity contribution is 7.92. The molecule has 0 aliphatic heterocycles. The SMILES string of the molecule is Cc1c(NS(=O)(=O)c2cc3ccccc3o2)cccc1C(=O)O. The zero-order valence-corrected chi connectivity index (χ0v) is 12.9. The lowest BCUT2D eigenvalue weighted by atomic mass is 10.1. The molecule has 1 heterocycles. The van der Waals surface area contributed by atoms with E-state index in [0.29, 0.717) is 16.5 Å². The van der Waals surface area contributed by atoms with Gasteiger partial charge in [0, 0.05) is 11.5 Å². The Bertz CT molecular complexity index is 971. The van der Waals surface area contributed by atoms with Crippen molar-refractivity contribution in [2.45, 2.75) is 12.0 Å². The molecule has 0 atom stereocenters. The van der Waals surface area contributed by atoms with Crippen LogP contribution in [-0.2, 0) is 10.0 Å². The molecule has 6 nitrogen and oxygen atoms in total. The molecule has 7 heteroatoms. The molecule has 23 heavy (non-hydrogen) atoms. The van der Waals surface area contributed by atoms with Crippen LogP contribution in [0.1, 0.15) is 15.9 Å². The number of fused-ring (bicyclic) bond motifs is 1. The van der Waals surface area contributed by atoms with Gasteiger partial charge in [0.15, 0.2) is 0 Å². The summed E-state index contributed by atoms with van der Waals surface area (Å²) >= 11 is 0. The van der Waals surface area contributed by atoms with Gasteiger partial charge in [-0.1, -0.05) is 24.3 Å². The monoisotopic (exact) mass is 331 g/mol. The van der Waals surface area contributed by atoms with E-state index in [1.807, 2.05) is 0 Å². The molecule has 0 aliphatic carbocycles. The number of hydrogen-bond donors (Lipinski definition) is 2. The van der Waals surface area contributed by atoms with Gasteiger partial charge < -0.3 is 9.52 Å². The molecular weight excluding hydrogens is 318 g/mol. The Kier molecular flexibility index (Phi) is 3.57. The summed E-state index contributed by atoms with van der Waals surface area (Å²) in [5.74, 6) is -1.12. The van der Waals surface area contributed by atoms with E-state index in [1.54, 1.807) is 31.2 Å². The first-order valence-corrected chi connectivity index (χ1v) is 8.21. The molecule has 0 amide bonds. The number of rotatable bonds is 4. The second-order valence-corrected chi connectivity index (χ2v) is 6.61. The van der Waals surface area contributed by atoms with E-state index in [-0.39, 0.29) is 16.3 Å². The summed E-state index contributed by atoms with van der Waals surface area (Å²) in [7, 11) is -3.95. The van der Waals surface area contributed by atoms with E-state index in [1.165, 1.54) is 24.3 Å². The van der Waals surface area contributed by atoms with Gasteiger partial charge in [-0.15, -0.1) is 0 Å². The molecule has 2 N–H and O–H groups in total. The van der Waals surface area contributed by atoms with Crippen molar-refractivity contribution in [2.75, 3.05) is 4.72 Å². The van der Waals surface area contributed by atoms with Gasteiger partial charge in [-0.05, 0) is 30.7 Å². The number of carboxylic acids is 1. The minimum atomic E-state index is -3.95. The molecule has 0 fully saturated rings. The first-order valence-electron chi connectivity index (χ1n) is 6.73. The number of carboxylic acid groups (broad SMARTS) is 1. The smallest absolute Gasteiger partial charge is 0.336 e. The number of aromatic carboxylic acids is 1. The maximum Gasteiger partial charge on any atom is 0.336 e. The van der Waals surface area contributed by atoms with E-state index in [0.717, 1.165) is 0 Å². The largest absolute Gasteiger partial charge is 0.478 e. The quantitative estimate of drug-likeness (QED) is 0.765. The number of nitrogens with one attached hydrogen (secondary N) is 1. The number of carbonyl (C=O) groups is 1. The Morgan fingerprint density at radius 3 is 2.57 bits per heavy atom. The summed E-state index contributed by atoms with van der Waals surface area (Å²) < 4.78 is 32.6. The highest BCUT2D eigenvalue weighted by Crippen LogP contribution is 2.26. The fourth-order valence-corrected chi connectivity index (χ4v) is 3.36. The predicted octanol–water partition coefficient (Wildman–Crippen LogP) is 3.24. The topological polar surface area (TPSA) is 96.6 Å². The van der Waals surface area contributed by atoms with Crippen LogP contribution in [0.4, 0.5) is 5.69 Å². The van der Waals surface area contributed by atoms with Crippen LogP contribution in [0.3, 0.4) is 0 Å². The molecule has 1 aromatic heterocycles. The second kappa shape index (κ2) is 5.44. The summed E-state index contributed by atoms with van der Waals surface area (Å²) in [6, 6.07) is 12.8. The van der Waals surface area contributed by atoms with E-state index < -0.39 is 16.0 Å². The number of benzene rings is 2. The van der Waals surface area contributed by atoms with Crippen LogP contribution in [0.15, 0.2) is 58.0 Å². The fourth-order valence-electron chi connectivity index (χ4n) is 2.26. The summed E-state index contributed by atoms with van der Waals surface area (Å²) in [5.41, 5.74) is 1.03. The maximum absolute atomic E-state index is 12.5. The van der Waals surface area contributed by atoms with Gasteiger partial charge in [-0.2, -0.15) is 8.42 Å². The van der Waals surface area contributed by atoms with E-state index in [2.05, 4.69) is 4.72 Å². The van der Waals surface area contributed by atoms with Gasteiger partial charge in [-0.25, -0.2) is 4.79 Å². The van der Waals surface area contributed by atoms with Crippen molar-refractivity contribution < 1.29 is 22.7 Å². The van der Waals surface area contributed by atoms with Crippen LogP contribution in [0.25, 0.3) is 11.0 Å². The highest BCUT2D eigenvalue weighted by atomic mass is 32.2. The van der Waals surface area contributed by atoms with Crippen molar-refractivity contribution in [3.63, 3.8) is 0 Å². The number of hydrogen-bond acceptors (Lipinski definition) is 4. The lowest BCUT2D eigenvalue weighted by Gasteiger charge is -2.10. The molecule has 0 unspecified atom stereocenters. The summed E-state index contributed by atoms with van der Waals surface area (Å²) in [4.78, 5) is 11.1. The molecule has 3 rings (SSSR count). The van der Waals surface area contributed by atoms with E-state index in [4.69, 9.17) is 9.52 Å². The first-order chi connectivity index (χ1) is 10.9. The number of para-hydroxylation sites is 1. The predicted molar refractivity (Wildman–Crippen MR) is 85.2 cm³/mol. The third-order valence-corrected chi connectivity index (χ3v) is 4.70. The molecule has 2 aromatic carbocycles. The van der Waals surface area contributed by atoms with Crippen LogP contribution >= 0.6 is 0 Å². The fraction of sp³-hybridized carbons (Fsp3) is 0.0625. The van der Waals surface area contributed by atoms with Crippen LogP contribution in [-0.4, -0.2) is 19.5 Å². The molecule has 0 aliphatic rings. The zero-order valence-electron chi connectivity index (χ0n) is 12.1. The Morgan fingerprint density at radius 1 is 1.13 bits per heavy atom. The first kappa shape index (κ1) is 15.1. The third kappa shape index (κ3) is 2.78. The zero-order chi connectivity index (χ0) is 16.6. The van der Waals surface area contributed by atoms with Gasteiger partial charge in [-0.3, -0.25) is 4.72 Å². The minimum Gasteiger partial charge on any atom is -0.478 e.